The molecule has 1 unspecified atom stereocenters. The highest BCUT2D eigenvalue weighted by atomic mass is 16.2. The van der Waals surface area contributed by atoms with Crippen LogP contribution in [0.4, 0.5) is 10.5 Å². The van der Waals surface area contributed by atoms with E-state index in [0.717, 1.165) is 10.5 Å². The van der Waals surface area contributed by atoms with Crippen LogP contribution in [0.25, 0.3) is 0 Å². The molecule has 1 atom stereocenters. The van der Waals surface area contributed by atoms with E-state index in [1.807, 2.05) is 19.9 Å². The summed E-state index contributed by atoms with van der Waals surface area (Å²) in [6, 6.07) is 8.76. The van der Waals surface area contributed by atoms with Crippen LogP contribution in [0.5, 0.6) is 0 Å². The van der Waals surface area contributed by atoms with E-state index in [9.17, 15) is 14.4 Å². The van der Waals surface area contributed by atoms with Gasteiger partial charge in [-0.2, -0.15) is 5.26 Å². The topological polar surface area (TPSA) is 127 Å². The van der Waals surface area contributed by atoms with Gasteiger partial charge in [0.25, 0.3) is 11.8 Å². The van der Waals surface area contributed by atoms with Crippen molar-refractivity contribution in [2.45, 2.75) is 32.9 Å². The van der Waals surface area contributed by atoms with Gasteiger partial charge < -0.3 is 16.0 Å². The minimum absolute atomic E-state index is 0.137. The fourth-order valence-electron chi connectivity index (χ4n) is 2.82. The summed E-state index contributed by atoms with van der Waals surface area (Å²) in [4.78, 5) is 42.1. The number of hydrogen-bond acceptors (Lipinski definition) is 5. The highest BCUT2D eigenvalue weighted by molar-refractivity contribution is 5.99. The second kappa shape index (κ2) is 11.3. The number of aromatic nitrogens is 1. The fraction of sp³-hybridized carbons (Fsp3) is 0.318. The Morgan fingerprint density at radius 2 is 1.97 bits per heavy atom. The molecule has 1 aromatic heterocycles. The Bertz CT molecular complexity index is 955. The number of urea groups is 1. The Balaban J connectivity index is 2.01. The largest absolute Gasteiger partial charge is 0.340 e. The van der Waals surface area contributed by atoms with Crippen LogP contribution >= 0.6 is 0 Å². The zero-order valence-corrected chi connectivity index (χ0v) is 17.8. The Morgan fingerprint density at radius 3 is 2.61 bits per heavy atom. The molecule has 0 bridgehead atoms. The highest BCUT2D eigenvalue weighted by Crippen LogP contribution is 2.13. The van der Waals surface area contributed by atoms with Crippen molar-refractivity contribution < 1.29 is 14.4 Å². The Kier molecular flexibility index (Phi) is 8.52. The number of nitrogens with zero attached hydrogens (tertiary/aromatic N) is 3. The summed E-state index contributed by atoms with van der Waals surface area (Å²) >= 11 is 0. The maximum absolute atomic E-state index is 12.7. The van der Waals surface area contributed by atoms with Gasteiger partial charge in [-0.25, -0.2) is 4.79 Å². The zero-order chi connectivity index (χ0) is 22.8. The van der Waals surface area contributed by atoms with Crippen LogP contribution in [0.3, 0.4) is 0 Å². The molecule has 162 valence electrons. The van der Waals surface area contributed by atoms with Crippen LogP contribution in [0.2, 0.25) is 0 Å². The molecule has 2 rings (SSSR count). The molecule has 4 amide bonds. The molecule has 0 aliphatic rings. The predicted molar refractivity (Wildman–Crippen MR) is 116 cm³/mol. The highest BCUT2D eigenvalue weighted by Gasteiger charge is 2.25. The van der Waals surface area contributed by atoms with E-state index in [-0.39, 0.29) is 11.5 Å². The van der Waals surface area contributed by atoms with E-state index in [1.54, 1.807) is 42.9 Å². The number of benzene rings is 1. The molecule has 1 aromatic carbocycles. The quantitative estimate of drug-likeness (QED) is 0.445. The summed E-state index contributed by atoms with van der Waals surface area (Å²) < 4.78 is 0. The number of anilines is 1. The monoisotopic (exact) mass is 422 g/mol. The number of likely N-dealkylation sites (N-methyl/N-ethyl adjacent to an activating group) is 1. The van der Waals surface area contributed by atoms with E-state index >= 15 is 0 Å². The number of carbonyl (C=O) groups excluding carboxylic acids is 3. The average molecular weight is 422 g/mol. The first kappa shape index (κ1) is 23.3. The van der Waals surface area contributed by atoms with Crippen molar-refractivity contribution in [2.75, 3.05) is 12.4 Å². The summed E-state index contributed by atoms with van der Waals surface area (Å²) in [7, 11) is 1.36. The fourth-order valence-corrected chi connectivity index (χ4v) is 2.82. The molecule has 2 aromatic rings. The average Bonchev–Trinajstić information content (AvgIpc) is 2.76. The minimum Gasteiger partial charge on any atom is -0.340 e. The first-order chi connectivity index (χ1) is 14.8. The third-order valence-corrected chi connectivity index (χ3v) is 4.35. The lowest BCUT2D eigenvalue weighted by atomic mass is 10.0. The number of rotatable bonds is 8. The van der Waals surface area contributed by atoms with E-state index in [0.29, 0.717) is 18.7 Å². The smallest absolute Gasteiger partial charge is 0.319 e. The lowest BCUT2D eigenvalue weighted by molar-refractivity contribution is -0.129. The molecule has 9 nitrogen and oxygen atoms in total. The molecule has 0 fully saturated rings. The SMILES string of the molecule is CC(C)CC(NC(=O)c1cccc(NC(=O)NCc2cccnc2)c1)C(=O)N(C)C#N. The normalized spacial score (nSPS) is 11.2. The molecule has 0 radical (unpaired) electrons. The molecular formula is C22H26N6O3. The Labute approximate surface area is 181 Å². The Morgan fingerprint density at radius 1 is 1.19 bits per heavy atom. The maximum atomic E-state index is 12.7. The molecule has 9 heteroatoms. The van der Waals surface area contributed by atoms with Gasteiger partial charge in [-0.15, -0.1) is 0 Å². The lowest BCUT2D eigenvalue weighted by Gasteiger charge is -2.21. The third kappa shape index (κ3) is 7.44. The van der Waals surface area contributed by atoms with Crippen molar-refractivity contribution in [2.24, 2.45) is 5.92 Å². The van der Waals surface area contributed by atoms with Crippen molar-refractivity contribution in [3.8, 4) is 6.19 Å². The molecular weight excluding hydrogens is 396 g/mol. The Hall–Kier alpha value is -3.93. The van der Waals surface area contributed by atoms with Crippen molar-refractivity contribution >= 4 is 23.5 Å². The molecule has 0 saturated carbocycles. The summed E-state index contributed by atoms with van der Waals surface area (Å²) in [5, 5.41) is 17.0. The van der Waals surface area contributed by atoms with Gasteiger partial charge in [0.05, 0.1) is 0 Å². The van der Waals surface area contributed by atoms with Gasteiger partial charge in [-0.05, 0) is 42.2 Å². The molecule has 0 spiro atoms. The predicted octanol–water partition coefficient (Wildman–Crippen LogP) is 2.49. The second-order valence-corrected chi connectivity index (χ2v) is 7.40. The third-order valence-electron chi connectivity index (χ3n) is 4.35. The van der Waals surface area contributed by atoms with Crippen LogP contribution in [-0.4, -0.2) is 40.8 Å². The van der Waals surface area contributed by atoms with Gasteiger partial charge in [0.15, 0.2) is 6.19 Å². The molecule has 31 heavy (non-hydrogen) atoms. The summed E-state index contributed by atoms with van der Waals surface area (Å²) in [6.07, 6.45) is 5.46. The van der Waals surface area contributed by atoms with E-state index in [2.05, 4.69) is 20.9 Å². The number of nitrogens with one attached hydrogen (secondary N) is 3. The van der Waals surface area contributed by atoms with Crippen molar-refractivity contribution in [3.05, 3.63) is 59.9 Å². The van der Waals surface area contributed by atoms with E-state index in [4.69, 9.17) is 5.26 Å². The van der Waals surface area contributed by atoms with Gasteiger partial charge in [0.1, 0.15) is 6.04 Å². The molecule has 1 heterocycles. The van der Waals surface area contributed by atoms with Gasteiger partial charge in [0, 0.05) is 37.2 Å². The molecule has 0 aliphatic heterocycles. The number of carbonyl (C=O) groups is 3. The first-order valence-corrected chi connectivity index (χ1v) is 9.82. The summed E-state index contributed by atoms with van der Waals surface area (Å²) in [5.74, 6) is -0.809. The summed E-state index contributed by atoms with van der Waals surface area (Å²) in [6.45, 7) is 4.16. The van der Waals surface area contributed by atoms with Gasteiger partial charge in [0.2, 0.25) is 0 Å². The van der Waals surface area contributed by atoms with Crippen molar-refractivity contribution in [1.82, 2.24) is 20.5 Å². The van der Waals surface area contributed by atoms with E-state index in [1.165, 1.54) is 13.1 Å². The van der Waals surface area contributed by atoms with Crippen LogP contribution in [0, 0.1) is 17.4 Å². The number of hydrogen-bond donors (Lipinski definition) is 3. The van der Waals surface area contributed by atoms with Crippen molar-refractivity contribution in [1.29, 1.82) is 5.26 Å². The zero-order valence-electron chi connectivity index (χ0n) is 17.8. The number of pyridine rings is 1. The van der Waals surface area contributed by atoms with Gasteiger partial charge in [-0.3, -0.25) is 19.5 Å². The van der Waals surface area contributed by atoms with Crippen LogP contribution < -0.4 is 16.0 Å². The second-order valence-electron chi connectivity index (χ2n) is 7.40. The van der Waals surface area contributed by atoms with Gasteiger partial charge in [-0.1, -0.05) is 26.0 Å². The number of nitriles is 1. The van der Waals surface area contributed by atoms with Crippen LogP contribution in [0.1, 0.15) is 36.2 Å². The van der Waals surface area contributed by atoms with Crippen LogP contribution in [-0.2, 0) is 11.3 Å². The van der Waals surface area contributed by atoms with Crippen molar-refractivity contribution in [3.63, 3.8) is 0 Å². The summed E-state index contributed by atoms with van der Waals surface area (Å²) in [5.41, 5.74) is 1.57. The van der Waals surface area contributed by atoms with E-state index < -0.39 is 23.9 Å². The minimum atomic E-state index is -0.823. The number of amides is 4. The molecule has 0 aliphatic carbocycles. The first-order valence-electron chi connectivity index (χ1n) is 9.82. The van der Waals surface area contributed by atoms with Crippen LogP contribution in [0.15, 0.2) is 48.8 Å². The standard InChI is InChI=1S/C22H26N6O3/c1-15(2)10-19(21(30)28(3)14-23)27-20(29)17-7-4-8-18(11-17)26-22(31)25-13-16-6-5-9-24-12-16/h4-9,11-12,15,19H,10,13H2,1-3H3,(H,27,29)(H2,25,26,31). The lowest BCUT2D eigenvalue weighted by Crippen LogP contribution is -2.46. The molecule has 3 N–H and O–H groups in total. The van der Waals surface area contributed by atoms with Gasteiger partial charge >= 0.3 is 6.03 Å². The molecule has 0 saturated heterocycles. The maximum Gasteiger partial charge on any atom is 0.319 e.